The van der Waals surface area contributed by atoms with Gasteiger partial charge < -0.3 is 20.2 Å². The van der Waals surface area contributed by atoms with E-state index in [9.17, 15) is 23.6 Å². The minimum absolute atomic E-state index is 0.0171. The van der Waals surface area contributed by atoms with Gasteiger partial charge in [-0.2, -0.15) is 5.26 Å². The molecular formula is C22H25F2N7O3. The summed E-state index contributed by atoms with van der Waals surface area (Å²) < 4.78 is 30.3. The largest absolute Gasteiger partial charge is 0.381 e. The van der Waals surface area contributed by atoms with E-state index in [0.29, 0.717) is 36.2 Å². The number of nitrogens with one attached hydrogen (secondary N) is 2. The van der Waals surface area contributed by atoms with E-state index in [2.05, 4.69) is 25.6 Å². The standard InChI is InChI=1S/C22H25F2N7O3/c1-31(11-20(23)24)10-15(12-32)29-17-5-14(7-26-18(17)6-25)19-8-28-21(9-27-19)30-22(33)13-3-16(4-13)34-2/h5,7-9,12-13,15-16,20,29H,3-4,10-11H2,1-2H3,(H,28,30,33). The quantitative estimate of drug-likeness (QED) is 0.470. The highest BCUT2D eigenvalue weighted by Gasteiger charge is 2.34. The molecule has 34 heavy (non-hydrogen) atoms. The molecule has 0 radical (unpaired) electrons. The van der Waals surface area contributed by atoms with E-state index >= 15 is 0 Å². The number of halogens is 2. The molecule has 0 aliphatic heterocycles. The molecule has 12 heteroatoms. The zero-order valence-corrected chi connectivity index (χ0v) is 18.7. The molecule has 1 atom stereocenters. The van der Waals surface area contributed by atoms with Gasteiger partial charge in [0.2, 0.25) is 5.91 Å². The van der Waals surface area contributed by atoms with Crippen LogP contribution in [0.2, 0.25) is 0 Å². The van der Waals surface area contributed by atoms with Crippen LogP contribution in [0.1, 0.15) is 18.5 Å². The van der Waals surface area contributed by atoms with E-state index in [0.717, 1.165) is 0 Å². The summed E-state index contributed by atoms with van der Waals surface area (Å²) in [4.78, 5) is 37.6. The number of ether oxygens (including phenoxy) is 1. The van der Waals surface area contributed by atoms with E-state index in [1.807, 2.05) is 6.07 Å². The second-order valence-corrected chi connectivity index (χ2v) is 8.03. The van der Waals surface area contributed by atoms with E-state index in [1.165, 1.54) is 30.5 Å². The first-order valence-corrected chi connectivity index (χ1v) is 10.6. The monoisotopic (exact) mass is 473 g/mol. The third kappa shape index (κ3) is 6.49. The van der Waals surface area contributed by atoms with Crippen LogP contribution in [-0.4, -0.2) is 77.9 Å². The average Bonchev–Trinajstić information content (AvgIpc) is 2.77. The minimum atomic E-state index is -2.53. The molecule has 2 heterocycles. The Morgan fingerprint density at radius 2 is 2.06 bits per heavy atom. The van der Waals surface area contributed by atoms with E-state index in [-0.39, 0.29) is 35.9 Å². The van der Waals surface area contributed by atoms with Gasteiger partial charge in [0.15, 0.2) is 11.5 Å². The van der Waals surface area contributed by atoms with Gasteiger partial charge in [-0.15, -0.1) is 0 Å². The third-order valence-corrected chi connectivity index (χ3v) is 5.45. The van der Waals surface area contributed by atoms with Crippen LogP contribution in [0, 0.1) is 17.2 Å². The SMILES string of the molecule is COC1CC(C(=O)Nc2cnc(-c3cnc(C#N)c(NC(C=O)CN(C)CC(F)F)c3)cn2)C1. The van der Waals surface area contributed by atoms with Crippen molar-refractivity contribution in [1.82, 2.24) is 19.9 Å². The molecule has 1 unspecified atom stereocenters. The molecule has 1 aliphatic rings. The maximum absolute atomic E-state index is 12.6. The number of nitrogens with zero attached hydrogens (tertiary/aromatic N) is 5. The van der Waals surface area contributed by atoms with Crippen LogP contribution in [-0.2, 0) is 14.3 Å². The summed E-state index contributed by atoms with van der Waals surface area (Å²) in [6.45, 7) is -0.467. The number of likely N-dealkylation sites (N-methyl/N-ethyl adjacent to an activating group) is 1. The van der Waals surface area contributed by atoms with Crippen molar-refractivity contribution in [3.05, 3.63) is 30.4 Å². The molecule has 2 aromatic rings. The number of nitriles is 1. The predicted molar refractivity (Wildman–Crippen MR) is 119 cm³/mol. The molecule has 2 N–H and O–H groups in total. The fourth-order valence-corrected chi connectivity index (χ4v) is 3.51. The first-order valence-electron chi connectivity index (χ1n) is 10.6. The maximum Gasteiger partial charge on any atom is 0.251 e. The lowest BCUT2D eigenvalue weighted by Gasteiger charge is -2.32. The number of aromatic nitrogens is 3. The molecule has 10 nitrogen and oxygen atoms in total. The van der Waals surface area contributed by atoms with Gasteiger partial charge in [-0.1, -0.05) is 0 Å². The van der Waals surface area contributed by atoms with Gasteiger partial charge in [0, 0.05) is 31.3 Å². The number of amides is 1. The molecule has 2 aromatic heterocycles. The number of carbonyl (C=O) groups excluding carboxylic acids is 2. The van der Waals surface area contributed by atoms with Gasteiger partial charge in [-0.05, 0) is 26.0 Å². The Kier molecular flexibility index (Phi) is 8.50. The topological polar surface area (TPSA) is 133 Å². The third-order valence-electron chi connectivity index (χ3n) is 5.45. The Hall–Kier alpha value is -3.56. The van der Waals surface area contributed by atoms with Crippen molar-refractivity contribution in [3.63, 3.8) is 0 Å². The molecule has 180 valence electrons. The van der Waals surface area contributed by atoms with Gasteiger partial charge in [-0.3, -0.25) is 14.7 Å². The lowest BCUT2D eigenvalue weighted by atomic mass is 9.81. The van der Waals surface area contributed by atoms with Crippen LogP contribution in [0.3, 0.4) is 0 Å². The van der Waals surface area contributed by atoms with Crippen LogP contribution in [0.25, 0.3) is 11.3 Å². The summed E-state index contributed by atoms with van der Waals surface area (Å²) >= 11 is 0. The van der Waals surface area contributed by atoms with Gasteiger partial charge in [0.25, 0.3) is 6.43 Å². The number of alkyl halides is 2. The molecule has 0 saturated heterocycles. The number of pyridine rings is 1. The molecule has 1 fully saturated rings. The fourth-order valence-electron chi connectivity index (χ4n) is 3.51. The molecular weight excluding hydrogens is 448 g/mol. The predicted octanol–water partition coefficient (Wildman–Crippen LogP) is 1.95. The fraction of sp³-hybridized carbons (Fsp3) is 0.455. The summed E-state index contributed by atoms with van der Waals surface area (Å²) in [6.07, 6.45) is 3.81. The highest BCUT2D eigenvalue weighted by molar-refractivity contribution is 5.92. The molecule has 1 saturated carbocycles. The summed E-state index contributed by atoms with van der Waals surface area (Å²) in [7, 11) is 3.09. The van der Waals surface area contributed by atoms with Crippen molar-refractivity contribution < 1.29 is 23.1 Å². The Morgan fingerprint density at radius 3 is 2.65 bits per heavy atom. The van der Waals surface area contributed by atoms with Gasteiger partial charge in [0.1, 0.15) is 12.4 Å². The van der Waals surface area contributed by atoms with Crippen molar-refractivity contribution >= 4 is 23.7 Å². The lowest BCUT2D eigenvalue weighted by molar-refractivity contribution is -0.127. The number of anilines is 2. The van der Waals surface area contributed by atoms with Crippen molar-refractivity contribution in [1.29, 1.82) is 5.26 Å². The number of rotatable bonds is 11. The lowest BCUT2D eigenvalue weighted by Crippen LogP contribution is -2.38. The van der Waals surface area contributed by atoms with Gasteiger partial charge >= 0.3 is 0 Å². The molecule has 0 spiro atoms. The molecule has 1 amide bonds. The van der Waals surface area contributed by atoms with Crippen molar-refractivity contribution in [2.75, 3.05) is 37.9 Å². The zero-order valence-electron chi connectivity index (χ0n) is 18.7. The molecule has 3 rings (SSSR count). The number of methoxy groups -OCH3 is 1. The van der Waals surface area contributed by atoms with Crippen molar-refractivity contribution in [2.24, 2.45) is 5.92 Å². The van der Waals surface area contributed by atoms with E-state index < -0.39 is 19.0 Å². The number of aldehydes is 1. The van der Waals surface area contributed by atoms with E-state index in [1.54, 1.807) is 13.2 Å². The number of hydrogen-bond acceptors (Lipinski definition) is 9. The van der Waals surface area contributed by atoms with Crippen LogP contribution >= 0.6 is 0 Å². The summed E-state index contributed by atoms with van der Waals surface area (Å²) in [5.41, 5.74) is 1.25. The minimum Gasteiger partial charge on any atom is -0.381 e. The first kappa shape index (κ1) is 25.1. The second-order valence-electron chi connectivity index (χ2n) is 8.03. The van der Waals surface area contributed by atoms with E-state index in [4.69, 9.17) is 4.74 Å². The molecule has 0 bridgehead atoms. The van der Waals surface area contributed by atoms with Crippen LogP contribution < -0.4 is 10.6 Å². The highest BCUT2D eigenvalue weighted by atomic mass is 19.3. The smallest absolute Gasteiger partial charge is 0.251 e. The molecule has 1 aliphatic carbocycles. The Morgan fingerprint density at radius 1 is 1.29 bits per heavy atom. The summed E-state index contributed by atoms with van der Waals surface area (Å²) in [5.74, 6) is 0.0459. The van der Waals surface area contributed by atoms with Crippen molar-refractivity contribution in [2.45, 2.75) is 31.4 Å². The first-order chi connectivity index (χ1) is 16.3. The van der Waals surface area contributed by atoms with Crippen LogP contribution in [0.15, 0.2) is 24.7 Å². The number of hydrogen-bond donors (Lipinski definition) is 2. The Bertz CT molecular complexity index is 1040. The van der Waals surface area contributed by atoms with Gasteiger partial charge in [-0.25, -0.2) is 18.7 Å². The summed E-state index contributed by atoms with van der Waals surface area (Å²) in [5, 5.41) is 15.0. The normalized spacial score (nSPS) is 18.1. The average molecular weight is 473 g/mol. The van der Waals surface area contributed by atoms with Crippen molar-refractivity contribution in [3.8, 4) is 17.3 Å². The zero-order chi connectivity index (χ0) is 24.7. The maximum atomic E-state index is 12.6. The van der Waals surface area contributed by atoms with Gasteiger partial charge in [0.05, 0.1) is 42.5 Å². The van der Waals surface area contributed by atoms with Crippen LogP contribution in [0.5, 0.6) is 0 Å². The molecule has 0 aromatic carbocycles. The number of carbonyl (C=O) groups is 2. The summed E-state index contributed by atoms with van der Waals surface area (Å²) in [6, 6.07) is 2.68. The Labute approximate surface area is 195 Å². The second kappa shape index (κ2) is 11.5. The van der Waals surface area contributed by atoms with Crippen LogP contribution in [0.4, 0.5) is 20.3 Å². The Balaban J connectivity index is 1.69. The highest BCUT2D eigenvalue weighted by Crippen LogP contribution is 2.30.